The molecule has 0 aliphatic heterocycles. The third kappa shape index (κ3) is 5.89. The predicted molar refractivity (Wildman–Crippen MR) is 119 cm³/mol. The van der Waals surface area contributed by atoms with Crippen LogP contribution in [-0.2, 0) is 14.8 Å². The molecule has 0 heterocycles. The summed E-state index contributed by atoms with van der Waals surface area (Å²) >= 11 is 11.8. The average Bonchev–Trinajstić information content (AvgIpc) is 2.69. The van der Waals surface area contributed by atoms with Crippen molar-refractivity contribution in [3.63, 3.8) is 0 Å². The van der Waals surface area contributed by atoms with Crippen molar-refractivity contribution in [2.24, 2.45) is 0 Å². The summed E-state index contributed by atoms with van der Waals surface area (Å²) in [7, 11) is -3.73. The Hall–Kier alpha value is -2.74. The number of rotatable bonds is 7. The van der Waals surface area contributed by atoms with Gasteiger partial charge in [0.05, 0.1) is 14.9 Å². The van der Waals surface area contributed by atoms with E-state index in [1.165, 1.54) is 30.3 Å². The molecule has 6 nitrogen and oxygen atoms in total. The van der Waals surface area contributed by atoms with E-state index in [0.29, 0.717) is 27.2 Å². The molecule has 1 amide bonds. The van der Waals surface area contributed by atoms with Crippen molar-refractivity contribution in [3.8, 4) is 5.75 Å². The van der Waals surface area contributed by atoms with Gasteiger partial charge in [-0.25, -0.2) is 8.42 Å². The van der Waals surface area contributed by atoms with Gasteiger partial charge >= 0.3 is 0 Å². The molecule has 0 spiro atoms. The van der Waals surface area contributed by atoms with E-state index >= 15 is 0 Å². The minimum atomic E-state index is -3.73. The van der Waals surface area contributed by atoms with Crippen LogP contribution in [-0.4, -0.2) is 20.9 Å². The summed E-state index contributed by atoms with van der Waals surface area (Å²) < 4.78 is 33.0. The van der Waals surface area contributed by atoms with Crippen LogP contribution >= 0.6 is 23.2 Å². The molecule has 0 bridgehead atoms. The molecule has 9 heteroatoms. The maximum Gasteiger partial charge on any atom is 0.262 e. The number of ether oxygens (including phenoxy) is 1. The van der Waals surface area contributed by atoms with Crippen LogP contribution in [0.3, 0.4) is 0 Å². The zero-order chi connectivity index (χ0) is 21.7. The summed E-state index contributed by atoms with van der Waals surface area (Å²) in [6.07, 6.45) is 0. The number of hydrogen-bond acceptors (Lipinski definition) is 4. The fraction of sp³-hybridized carbons (Fsp3) is 0.0952. The van der Waals surface area contributed by atoms with Crippen molar-refractivity contribution in [1.29, 1.82) is 0 Å². The highest BCUT2D eigenvalue weighted by Crippen LogP contribution is 2.25. The molecular formula is C21H18Cl2N2O4S. The van der Waals surface area contributed by atoms with Gasteiger partial charge in [-0.3, -0.25) is 9.52 Å². The molecule has 2 N–H and O–H groups in total. The van der Waals surface area contributed by atoms with Gasteiger partial charge in [0.15, 0.2) is 6.61 Å². The predicted octanol–water partition coefficient (Wildman–Crippen LogP) is 5.12. The lowest BCUT2D eigenvalue weighted by atomic mass is 10.2. The van der Waals surface area contributed by atoms with Crippen LogP contribution in [0, 0.1) is 6.92 Å². The monoisotopic (exact) mass is 464 g/mol. The molecule has 3 aromatic carbocycles. The van der Waals surface area contributed by atoms with Crippen LogP contribution in [0.5, 0.6) is 5.75 Å². The van der Waals surface area contributed by atoms with Crippen molar-refractivity contribution >= 4 is 50.5 Å². The van der Waals surface area contributed by atoms with Gasteiger partial charge in [-0.2, -0.15) is 0 Å². The fourth-order valence-corrected chi connectivity index (χ4v) is 3.91. The normalized spacial score (nSPS) is 11.0. The van der Waals surface area contributed by atoms with E-state index in [-0.39, 0.29) is 11.5 Å². The molecule has 30 heavy (non-hydrogen) atoms. The Kier molecular flexibility index (Phi) is 6.87. The molecule has 156 valence electrons. The van der Waals surface area contributed by atoms with Gasteiger partial charge in [-0.15, -0.1) is 0 Å². The highest BCUT2D eigenvalue weighted by molar-refractivity contribution is 7.92. The number of aryl methyl sites for hydroxylation is 1. The Morgan fingerprint density at radius 2 is 1.67 bits per heavy atom. The maximum atomic E-state index is 12.5. The molecule has 0 saturated carbocycles. The van der Waals surface area contributed by atoms with Gasteiger partial charge in [-0.1, -0.05) is 35.3 Å². The zero-order valence-corrected chi connectivity index (χ0v) is 18.2. The largest absolute Gasteiger partial charge is 0.484 e. The van der Waals surface area contributed by atoms with Gasteiger partial charge in [0.2, 0.25) is 0 Å². The van der Waals surface area contributed by atoms with Gasteiger partial charge in [0, 0.05) is 11.4 Å². The molecule has 0 aliphatic carbocycles. The SMILES string of the molecule is Cc1cccc(NS(=O)(=O)c2ccc(OCC(=O)Nc3ccc(Cl)c(Cl)c3)cc2)c1. The molecule has 3 aromatic rings. The van der Waals surface area contributed by atoms with E-state index in [4.69, 9.17) is 27.9 Å². The van der Waals surface area contributed by atoms with Gasteiger partial charge in [0.25, 0.3) is 15.9 Å². The second-order valence-electron chi connectivity index (χ2n) is 6.41. The quantitative estimate of drug-likeness (QED) is 0.507. The van der Waals surface area contributed by atoms with Crippen LogP contribution in [0.2, 0.25) is 10.0 Å². The van der Waals surface area contributed by atoms with Crippen LogP contribution < -0.4 is 14.8 Å². The molecule has 0 unspecified atom stereocenters. The summed E-state index contributed by atoms with van der Waals surface area (Å²) in [5, 5.41) is 3.35. The van der Waals surface area contributed by atoms with Crippen LogP contribution in [0.4, 0.5) is 11.4 Å². The second-order valence-corrected chi connectivity index (χ2v) is 8.91. The van der Waals surface area contributed by atoms with Crippen molar-refractivity contribution in [1.82, 2.24) is 0 Å². The average molecular weight is 465 g/mol. The lowest BCUT2D eigenvalue weighted by Gasteiger charge is -2.10. The number of carbonyl (C=O) groups is 1. The third-order valence-corrected chi connectivity index (χ3v) is 6.11. The minimum absolute atomic E-state index is 0.0802. The lowest BCUT2D eigenvalue weighted by molar-refractivity contribution is -0.118. The Balaban J connectivity index is 1.58. The van der Waals surface area contributed by atoms with E-state index in [1.807, 2.05) is 13.0 Å². The number of halogens is 2. The topological polar surface area (TPSA) is 84.5 Å². The maximum absolute atomic E-state index is 12.5. The van der Waals surface area contributed by atoms with Gasteiger partial charge in [0.1, 0.15) is 5.75 Å². The van der Waals surface area contributed by atoms with Crippen LogP contribution in [0.25, 0.3) is 0 Å². The number of hydrogen-bond donors (Lipinski definition) is 2. The highest BCUT2D eigenvalue weighted by Gasteiger charge is 2.14. The first-order valence-corrected chi connectivity index (χ1v) is 11.0. The summed E-state index contributed by atoms with van der Waals surface area (Å²) in [6.45, 7) is 1.62. The zero-order valence-electron chi connectivity index (χ0n) is 15.9. The first kappa shape index (κ1) is 22.0. The Morgan fingerprint density at radius 1 is 0.933 bits per heavy atom. The fourth-order valence-electron chi connectivity index (χ4n) is 2.56. The van der Waals surface area contributed by atoms with Crippen molar-refractivity contribution in [2.75, 3.05) is 16.6 Å². The van der Waals surface area contributed by atoms with Crippen LogP contribution in [0.1, 0.15) is 5.56 Å². The highest BCUT2D eigenvalue weighted by atomic mass is 35.5. The number of benzene rings is 3. The summed E-state index contributed by atoms with van der Waals surface area (Å²) in [5.41, 5.74) is 1.91. The van der Waals surface area contributed by atoms with E-state index in [1.54, 1.807) is 30.3 Å². The summed E-state index contributed by atoms with van der Waals surface area (Å²) in [5.74, 6) is -0.0417. The van der Waals surface area contributed by atoms with E-state index in [2.05, 4.69) is 10.0 Å². The van der Waals surface area contributed by atoms with E-state index < -0.39 is 15.9 Å². The number of sulfonamides is 1. The van der Waals surface area contributed by atoms with Gasteiger partial charge < -0.3 is 10.1 Å². The van der Waals surface area contributed by atoms with Gasteiger partial charge in [-0.05, 0) is 67.1 Å². The van der Waals surface area contributed by atoms with Crippen molar-refractivity contribution in [2.45, 2.75) is 11.8 Å². The van der Waals surface area contributed by atoms with E-state index in [0.717, 1.165) is 5.56 Å². The molecule has 0 aliphatic rings. The first-order chi connectivity index (χ1) is 14.2. The lowest BCUT2D eigenvalue weighted by Crippen LogP contribution is -2.20. The minimum Gasteiger partial charge on any atom is -0.484 e. The number of anilines is 2. The van der Waals surface area contributed by atoms with E-state index in [9.17, 15) is 13.2 Å². The molecule has 0 radical (unpaired) electrons. The number of amides is 1. The molecule has 0 saturated heterocycles. The van der Waals surface area contributed by atoms with Crippen LogP contribution in [0.15, 0.2) is 71.6 Å². The van der Waals surface area contributed by atoms with Crippen molar-refractivity contribution < 1.29 is 17.9 Å². The second kappa shape index (κ2) is 9.38. The standard InChI is InChI=1S/C21H18Cl2N2O4S/c1-14-3-2-4-16(11-14)25-30(27,28)18-8-6-17(7-9-18)29-13-21(26)24-15-5-10-19(22)20(23)12-15/h2-12,25H,13H2,1H3,(H,24,26). The first-order valence-electron chi connectivity index (χ1n) is 8.80. The third-order valence-electron chi connectivity index (χ3n) is 3.98. The number of carbonyl (C=O) groups excluding carboxylic acids is 1. The Labute approximate surface area is 184 Å². The molecule has 0 fully saturated rings. The summed E-state index contributed by atoms with van der Waals surface area (Å²) in [6, 6.07) is 17.6. The van der Waals surface area contributed by atoms with Crippen molar-refractivity contribution in [3.05, 3.63) is 82.3 Å². The smallest absolute Gasteiger partial charge is 0.262 e. The molecule has 0 atom stereocenters. The Morgan fingerprint density at radius 3 is 2.33 bits per heavy atom. The number of nitrogens with one attached hydrogen (secondary N) is 2. The molecule has 3 rings (SSSR count). The Bertz CT molecular complexity index is 1170. The molecule has 0 aromatic heterocycles. The molecular weight excluding hydrogens is 447 g/mol. The summed E-state index contributed by atoms with van der Waals surface area (Å²) in [4.78, 5) is 12.1.